The van der Waals surface area contributed by atoms with Crippen molar-refractivity contribution in [1.29, 1.82) is 0 Å². The van der Waals surface area contributed by atoms with Gasteiger partial charge in [0.05, 0.1) is 24.2 Å². The van der Waals surface area contributed by atoms with Crippen LogP contribution in [0.1, 0.15) is 83.6 Å². The summed E-state index contributed by atoms with van der Waals surface area (Å²) in [5, 5.41) is 24.2. The van der Waals surface area contributed by atoms with Gasteiger partial charge in [-0.1, -0.05) is 13.8 Å². The maximum Gasteiger partial charge on any atom is 0.185 e. The first-order valence-electron chi connectivity index (χ1n) is 13.3. The fraction of sp³-hybridized carbons (Fsp3) is 0.815. The standard InChI is InChI=1S/C27H43N3O4/c1-24-9-6-20(34-14-3-13-30-23(28)29)16-18(24)4-5-22-21(24)7-10-25(2)26(31,11-12-27(22,25)32)19-8-15-33-17-19/h8,15,17-18,20-22,31-32H,3-7,9-14,16H2,1-2H3,(H4,28,29,30)/t18-,20+,21?,22?,24+,25-,26+,27+/m1/s1. The predicted molar refractivity (Wildman–Crippen MR) is 131 cm³/mol. The summed E-state index contributed by atoms with van der Waals surface area (Å²) in [6.45, 7) is 5.92. The van der Waals surface area contributed by atoms with Crippen LogP contribution in [-0.2, 0) is 10.3 Å². The lowest BCUT2D eigenvalue weighted by Gasteiger charge is -2.64. The summed E-state index contributed by atoms with van der Waals surface area (Å²) in [6, 6.07) is 1.87. The molecule has 0 saturated heterocycles. The van der Waals surface area contributed by atoms with Gasteiger partial charge in [-0.2, -0.15) is 0 Å². The molecule has 1 aromatic rings. The van der Waals surface area contributed by atoms with Gasteiger partial charge in [0.1, 0.15) is 5.60 Å². The second-order valence-corrected chi connectivity index (χ2v) is 12.1. The molecule has 1 aromatic heterocycles. The van der Waals surface area contributed by atoms with E-state index in [1.807, 2.05) is 6.07 Å². The Bertz CT molecular complexity index is 902. The van der Waals surface area contributed by atoms with Gasteiger partial charge >= 0.3 is 0 Å². The van der Waals surface area contributed by atoms with Crippen LogP contribution in [0.4, 0.5) is 0 Å². The number of furan rings is 1. The van der Waals surface area contributed by atoms with Gasteiger partial charge < -0.3 is 30.8 Å². The normalized spacial score (nSPS) is 45.8. The molecule has 0 bridgehead atoms. The minimum Gasteiger partial charge on any atom is -0.472 e. The van der Waals surface area contributed by atoms with Crippen molar-refractivity contribution in [2.24, 2.45) is 45.0 Å². The van der Waals surface area contributed by atoms with Gasteiger partial charge in [0.25, 0.3) is 0 Å². The van der Waals surface area contributed by atoms with E-state index in [1.54, 1.807) is 12.5 Å². The average Bonchev–Trinajstić information content (AvgIpc) is 3.41. The highest BCUT2D eigenvalue weighted by atomic mass is 16.5. The van der Waals surface area contributed by atoms with E-state index in [0.717, 1.165) is 56.9 Å². The van der Waals surface area contributed by atoms with E-state index in [9.17, 15) is 10.2 Å². The molecule has 0 amide bonds. The summed E-state index contributed by atoms with van der Waals surface area (Å²) in [7, 11) is 0. The predicted octanol–water partition coefficient (Wildman–Crippen LogP) is 3.67. The van der Waals surface area contributed by atoms with Crippen LogP contribution in [0.5, 0.6) is 0 Å². The Morgan fingerprint density at radius 1 is 1.09 bits per heavy atom. The molecule has 34 heavy (non-hydrogen) atoms. The highest BCUT2D eigenvalue weighted by Gasteiger charge is 2.72. The monoisotopic (exact) mass is 473 g/mol. The molecule has 0 spiro atoms. The van der Waals surface area contributed by atoms with Gasteiger partial charge in [-0.05, 0) is 93.4 Å². The number of nitrogens with two attached hydrogens (primary N) is 2. The smallest absolute Gasteiger partial charge is 0.185 e. The number of rotatable bonds is 6. The first kappa shape index (κ1) is 24.1. The van der Waals surface area contributed by atoms with Crippen LogP contribution in [0.25, 0.3) is 0 Å². The Hall–Kier alpha value is -1.57. The first-order chi connectivity index (χ1) is 16.1. The van der Waals surface area contributed by atoms with E-state index < -0.39 is 16.6 Å². The van der Waals surface area contributed by atoms with Gasteiger partial charge in [0.15, 0.2) is 5.96 Å². The van der Waals surface area contributed by atoms with Crippen LogP contribution >= 0.6 is 0 Å². The molecule has 7 nitrogen and oxygen atoms in total. The topological polar surface area (TPSA) is 127 Å². The number of aliphatic imine (C=N–C) groups is 1. The quantitative estimate of drug-likeness (QED) is 0.284. The number of fused-ring (bicyclic) bond motifs is 5. The van der Waals surface area contributed by atoms with Crippen molar-refractivity contribution >= 4 is 5.96 Å². The van der Waals surface area contributed by atoms with Gasteiger partial charge in [0, 0.05) is 24.1 Å². The molecule has 4 saturated carbocycles. The zero-order chi connectivity index (χ0) is 24.2. The Morgan fingerprint density at radius 3 is 2.65 bits per heavy atom. The van der Waals surface area contributed by atoms with E-state index in [4.69, 9.17) is 20.6 Å². The highest BCUT2D eigenvalue weighted by Crippen LogP contribution is 2.71. The molecule has 0 aliphatic heterocycles. The van der Waals surface area contributed by atoms with Crippen LogP contribution in [0.3, 0.4) is 0 Å². The van der Waals surface area contributed by atoms with E-state index >= 15 is 0 Å². The molecule has 5 rings (SSSR count). The van der Waals surface area contributed by atoms with Crippen molar-refractivity contribution in [1.82, 2.24) is 0 Å². The number of hydrogen-bond donors (Lipinski definition) is 4. The minimum absolute atomic E-state index is 0.140. The van der Waals surface area contributed by atoms with E-state index in [-0.39, 0.29) is 17.3 Å². The lowest BCUT2D eigenvalue weighted by atomic mass is 9.43. The average molecular weight is 474 g/mol. The Balaban J connectivity index is 1.28. The third-order valence-electron chi connectivity index (χ3n) is 10.9. The van der Waals surface area contributed by atoms with Crippen molar-refractivity contribution in [3.63, 3.8) is 0 Å². The number of aliphatic hydroxyl groups is 2. The highest BCUT2D eigenvalue weighted by molar-refractivity contribution is 5.75. The third-order valence-corrected chi connectivity index (χ3v) is 10.9. The van der Waals surface area contributed by atoms with Crippen molar-refractivity contribution in [2.45, 2.75) is 95.4 Å². The molecular weight excluding hydrogens is 430 g/mol. The van der Waals surface area contributed by atoms with E-state index in [2.05, 4.69) is 18.8 Å². The summed E-state index contributed by atoms with van der Waals surface area (Å²) in [5.74, 6) is 1.51. The minimum atomic E-state index is -1.03. The van der Waals surface area contributed by atoms with Crippen molar-refractivity contribution in [3.05, 3.63) is 24.2 Å². The summed E-state index contributed by atoms with van der Waals surface area (Å²) in [4.78, 5) is 4.04. The lowest BCUT2D eigenvalue weighted by Crippen LogP contribution is -2.64. The zero-order valence-electron chi connectivity index (χ0n) is 20.8. The molecule has 190 valence electrons. The Kier molecular flexibility index (Phi) is 6.05. The van der Waals surface area contributed by atoms with Gasteiger partial charge in [-0.15, -0.1) is 0 Å². The lowest BCUT2D eigenvalue weighted by molar-refractivity contribution is -0.239. The first-order valence-corrected chi connectivity index (χ1v) is 13.3. The van der Waals surface area contributed by atoms with E-state index in [1.165, 1.54) is 0 Å². The van der Waals surface area contributed by atoms with Gasteiger partial charge in [0.2, 0.25) is 0 Å². The molecule has 7 heteroatoms. The third kappa shape index (κ3) is 3.45. The van der Waals surface area contributed by atoms with Crippen molar-refractivity contribution in [3.8, 4) is 0 Å². The van der Waals surface area contributed by atoms with Crippen molar-refractivity contribution < 1.29 is 19.4 Å². The van der Waals surface area contributed by atoms with Crippen LogP contribution in [0.2, 0.25) is 0 Å². The zero-order valence-corrected chi connectivity index (χ0v) is 20.8. The molecule has 0 aromatic carbocycles. The molecule has 6 N–H and O–H groups in total. The fourth-order valence-corrected chi connectivity index (χ4v) is 8.84. The number of ether oxygens (including phenoxy) is 1. The maximum absolute atomic E-state index is 12.3. The molecule has 4 aliphatic carbocycles. The Morgan fingerprint density at radius 2 is 1.91 bits per heavy atom. The van der Waals surface area contributed by atoms with Crippen LogP contribution in [0.15, 0.2) is 28.0 Å². The number of guanidine groups is 1. The molecule has 4 aliphatic rings. The number of hydrogen-bond acceptors (Lipinski definition) is 5. The summed E-state index contributed by atoms with van der Waals surface area (Å²) < 4.78 is 11.6. The van der Waals surface area contributed by atoms with Crippen LogP contribution < -0.4 is 11.5 Å². The summed E-state index contributed by atoms with van der Waals surface area (Å²) in [5.41, 5.74) is 9.43. The Labute approximate surface area is 203 Å². The molecule has 8 atom stereocenters. The van der Waals surface area contributed by atoms with Crippen LogP contribution in [-0.4, -0.2) is 41.0 Å². The molecule has 1 heterocycles. The molecule has 0 radical (unpaired) electrons. The fourth-order valence-electron chi connectivity index (χ4n) is 8.84. The summed E-state index contributed by atoms with van der Waals surface area (Å²) in [6.07, 6.45) is 13.1. The summed E-state index contributed by atoms with van der Waals surface area (Å²) >= 11 is 0. The van der Waals surface area contributed by atoms with Crippen LogP contribution in [0, 0.1) is 28.6 Å². The maximum atomic E-state index is 12.3. The van der Waals surface area contributed by atoms with Gasteiger partial charge in [-0.3, -0.25) is 4.99 Å². The second-order valence-electron chi connectivity index (χ2n) is 12.1. The van der Waals surface area contributed by atoms with E-state index in [0.29, 0.717) is 43.9 Å². The SMILES string of the molecule is C[C@]12CCC3C(CC[C@@H]4C[C@@H](OCCCN=C(N)N)CC[C@]34C)[C@@]1(O)CC[C@]2(O)c1ccoc1. The van der Waals surface area contributed by atoms with Crippen molar-refractivity contribution in [2.75, 3.05) is 13.2 Å². The second kappa shape index (κ2) is 8.52. The molecule has 4 fully saturated rings. The number of nitrogens with zero attached hydrogens (tertiary/aromatic N) is 1. The molecule has 2 unspecified atom stereocenters. The molecular formula is C27H43N3O4. The van der Waals surface area contributed by atoms with Gasteiger partial charge in [-0.25, -0.2) is 0 Å². The largest absolute Gasteiger partial charge is 0.472 e.